The minimum Gasteiger partial charge on any atom is -0.364 e. The quantitative estimate of drug-likeness (QED) is 0.798. The molecule has 0 aliphatic heterocycles. The van der Waals surface area contributed by atoms with Gasteiger partial charge in [0.25, 0.3) is 0 Å². The number of aromatic nitrogens is 3. The Morgan fingerprint density at radius 2 is 1.86 bits per heavy atom. The Hall–Kier alpha value is -2.17. The number of hydrogen-bond donors (Lipinski definition) is 2. The molecule has 0 spiro atoms. The molecule has 1 heterocycles. The molecule has 0 bridgehead atoms. The van der Waals surface area contributed by atoms with Crippen molar-refractivity contribution in [3.05, 3.63) is 42.1 Å². The Morgan fingerprint density at radius 1 is 1.10 bits per heavy atom. The summed E-state index contributed by atoms with van der Waals surface area (Å²) in [6, 6.07) is 10.5. The standard InChI is InChI=1S/C16H23N5/c1-16(2,3)20-14-12-18-21-15(19-14)17-11-7-10-13-8-5-4-6-9-13/h4-6,8-9,12H,7,10-11H2,1-3H3,(H2,17,19,20,21). The van der Waals surface area contributed by atoms with Gasteiger partial charge in [-0.1, -0.05) is 30.3 Å². The molecule has 1 aromatic heterocycles. The van der Waals surface area contributed by atoms with Crippen molar-refractivity contribution in [1.29, 1.82) is 0 Å². The molecule has 5 heteroatoms. The summed E-state index contributed by atoms with van der Waals surface area (Å²) in [5.41, 5.74) is 1.31. The zero-order valence-corrected chi connectivity index (χ0v) is 12.9. The van der Waals surface area contributed by atoms with Gasteiger partial charge < -0.3 is 10.6 Å². The van der Waals surface area contributed by atoms with Crippen LogP contribution in [0.5, 0.6) is 0 Å². The van der Waals surface area contributed by atoms with Crippen LogP contribution in [-0.2, 0) is 6.42 Å². The molecule has 2 aromatic rings. The third kappa shape index (κ3) is 5.77. The highest BCUT2D eigenvalue weighted by molar-refractivity contribution is 5.38. The van der Waals surface area contributed by atoms with Gasteiger partial charge in [-0.05, 0) is 39.2 Å². The molecule has 1 aromatic carbocycles. The summed E-state index contributed by atoms with van der Waals surface area (Å²) in [7, 11) is 0. The van der Waals surface area contributed by atoms with E-state index in [2.05, 4.69) is 70.9 Å². The average molecular weight is 285 g/mol. The molecule has 5 nitrogen and oxygen atoms in total. The zero-order valence-electron chi connectivity index (χ0n) is 12.9. The summed E-state index contributed by atoms with van der Waals surface area (Å²) in [5, 5.41) is 14.5. The Balaban J connectivity index is 1.79. The van der Waals surface area contributed by atoms with Crippen LogP contribution in [0.15, 0.2) is 36.5 Å². The zero-order chi connectivity index (χ0) is 15.1. The van der Waals surface area contributed by atoms with Crippen molar-refractivity contribution in [3.8, 4) is 0 Å². The lowest BCUT2D eigenvalue weighted by Gasteiger charge is -2.20. The first-order valence-corrected chi connectivity index (χ1v) is 7.29. The average Bonchev–Trinajstić information content (AvgIpc) is 2.43. The van der Waals surface area contributed by atoms with Gasteiger partial charge in [-0.15, -0.1) is 5.10 Å². The van der Waals surface area contributed by atoms with Gasteiger partial charge >= 0.3 is 0 Å². The van der Waals surface area contributed by atoms with Crippen LogP contribution in [0.2, 0.25) is 0 Å². The summed E-state index contributed by atoms with van der Waals surface area (Å²) >= 11 is 0. The molecule has 0 aliphatic carbocycles. The summed E-state index contributed by atoms with van der Waals surface area (Å²) in [5.74, 6) is 1.31. The molecule has 21 heavy (non-hydrogen) atoms. The van der Waals surface area contributed by atoms with E-state index >= 15 is 0 Å². The molecular formula is C16H23N5. The van der Waals surface area contributed by atoms with Crippen molar-refractivity contribution >= 4 is 11.8 Å². The van der Waals surface area contributed by atoms with Crippen LogP contribution in [0.1, 0.15) is 32.8 Å². The van der Waals surface area contributed by atoms with Crippen molar-refractivity contribution in [3.63, 3.8) is 0 Å². The van der Waals surface area contributed by atoms with Gasteiger partial charge in [0.2, 0.25) is 5.95 Å². The first kappa shape index (κ1) is 15.2. The molecule has 0 amide bonds. The minimum atomic E-state index is -0.0411. The Bertz CT molecular complexity index is 548. The predicted molar refractivity (Wildman–Crippen MR) is 86.5 cm³/mol. The molecule has 0 saturated carbocycles. The smallest absolute Gasteiger partial charge is 0.244 e. The van der Waals surface area contributed by atoms with Gasteiger partial charge in [-0.3, -0.25) is 0 Å². The maximum Gasteiger partial charge on any atom is 0.244 e. The van der Waals surface area contributed by atoms with Crippen LogP contribution in [0.25, 0.3) is 0 Å². The SMILES string of the molecule is CC(C)(C)Nc1cnnc(NCCCc2ccccc2)n1. The third-order valence-corrected chi connectivity index (χ3v) is 2.83. The fraction of sp³-hybridized carbons (Fsp3) is 0.438. The maximum atomic E-state index is 4.41. The van der Waals surface area contributed by atoms with Crippen LogP contribution in [0.4, 0.5) is 11.8 Å². The lowest BCUT2D eigenvalue weighted by Crippen LogP contribution is -2.27. The number of anilines is 2. The lowest BCUT2D eigenvalue weighted by molar-refractivity contribution is 0.628. The second-order valence-corrected chi connectivity index (χ2v) is 6.06. The van der Waals surface area contributed by atoms with Crippen LogP contribution < -0.4 is 10.6 Å². The largest absolute Gasteiger partial charge is 0.364 e. The van der Waals surface area contributed by atoms with Gasteiger partial charge in [0.05, 0.1) is 6.20 Å². The van der Waals surface area contributed by atoms with E-state index in [0.717, 1.165) is 25.2 Å². The summed E-state index contributed by atoms with van der Waals surface area (Å²) < 4.78 is 0. The van der Waals surface area contributed by atoms with Crippen molar-refractivity contribution in [1.82, 2.24) is 15.2 Å². The number of benzene rings is 1. The molecule has 0 radical (unpaired) electrons. The van der Waals surface area contributed by atoms with Crippen LogP contribution in [0, 0.1) is 0 Å². The van der Waals surface area contributed by atoms with Crippen molar-refractivity contribution in [2.45, 2.75) is 39.2 Å². The molecule has 0 atom stereocenters. The van der Waals surface area contributed by atoms with E-state index in [0.29, 0.717) is 5.95 Å². The normalized spacial score (nSPS) is 11.2. The second kappa shape index (κ2) is 7.02. The van der Waals surface area contributed by atoms with E-state index < -0.39 is 0 Å². The fourth-order valence-electron chi connectivity index (χ4n) is 1.96. The Kier molecular flexibility index (Phi) is 5.09. The predicted octanol–water partition coefficient (Wildman–Crippen LogP) is 3.13. The molecule has 112 valence electrons. The summed E-state index contributed by atoms with van der Waals surface area (Å²) in [6.07, 6.45) is 3.71. The second-order valence-electron chi connectivity index (χ2n) is 6.06. The Morgan fingerprint density at radius 3 is 2.57 bits per heavy atom. The number of nitrogens with one attached hydrogen (secondary N) is 2. The fourth-order valence-corrected chi connectivity index (χ4v) is 1.96. The monoisotopic (exact) mass is 285 g/mol. The van der Waals surface area contributed by atoms with Gasteiger partial charge in [0, 0.05) is 12.1 Å². The third-order valence-electron chi connectivity index (χ3n) is 2.83. The van der Waals surface area contributed by atoms with Gasteiger partial charge in [0.15, 0.2) is 5.82 Å². The molecular weight excluding hydrogens is 262 g/mol. The first-order chi connectivity index (χ1) is 10.0. The van der Waals surface area contributed by atoms with E-state index in [-0.39, 0.29) is 5.54 Å². The number of nitrogens with zero attached hydrogens (tertiary/aromatic N) is 3. The summed E-state index contributed by atoms with van der Waals surface area (Å²) in [6.45, 7) is 7.09. The van der Waals surface area contributed by atoms with E-state index in [1.165, 1.54) is 5.56 Å². The van der Waals surface area contributed by atoms with Crippen LogP contribution in [-0.4, -0.2) is 27.3 Å². The van der Waals surface area contributed by atoms with Gasteiger partial charge in [0.1, 0.15) is 0 Å². The van der Waals surface area contributed by atoms with Crippen molar-refractivity contribution < 1.29 is 0 Å². The number of hydrogen-bond acceptors (Lipinski definition) is 5. The maximum absolute atomic E-state index is 4.41. The van der Waals surface area contributed by atoms with Gasteiger partial charge in [-0.2, -0.15) is 10.1 Å². The van der Waals surface area contributed by atoms with Crippen LogP contribution >= 0.6 is 0 Å². The highest BCUT2D eigenvalue weighted by Gasteiger charge is 2.10. The number of rotatable bonds is 6. The molecule has 0 fully saturated rings. The van der Waals surface area contributed by atoms with Crippen molar-refractivity contribution in [2.24, 2.45) is 0 Å². The molecule has 0 aliphatic rings. The van der Waals surface area contributed by atoms with Crippen LogP contribution in [0.3, 0.4) is 0 Å². The first-order valence-electron chi connectivity index (χ1n) is 7.29. The topological polar surface area (TPSA) is 62.7 Å². The molecule has 0 unspecified atom stereocenters. The Labute approximate surface area is 126 Å². The minimum absolute atomic E-state index is 0.0411. The van der Waals surface area contributed by atoms with Gasteiger partial charge in [-0.25, -0.2) is 0 Å². The van der Waals surface area contributed by atoms with E-state index in [1.54, 1.807) is 6.20 Å². The number of aryl methyl sites for hydroxylation is 1. The van der Waals surface area contributed by atoms with Crippen molar-refractivity contribution in [2.75, 3.05) is 17.2 Å². The molecule has 2 N–H and O–H groups in total. The van der Waals surface area contributed by atoms with E-state index in [4.69, 9.17) is 0 Å². The van der Waals surface area contributed by atoms with E-state index in [9.17, 15) is 0 Å². The highest BCUT2D eigenvalue weighted by atomic mass is 15.3. The molecule has 2 rings (SSSR count). The highest BCUT2D eigenvalue weighted by Crippen LogP contribution is 2.11. The molecule has 0 saturated heterocycles. The lowest BCUT2D eigenvalue weighted by atomic mass is 10.1. The summed E-state index contributed by atoms with van der Waals surface area (Å²) in [4.78, 5) is 4.41. The van der Waals surface area contributed by atoms with E-state index in [1.807, 2.05) is 6.07 Å².